The fraction of sp³-hybridized carbons (Fsp3) is 0.133. The molecule has 0 spiro atoms. The number of hydrogen-bond donors (Lipinski definition) is 2. The molecule has 0 radical (unpaired) electrons. The van der Waals surface area contributed by atoms with Crippen LogP contribution in [-0.2, 0) is 11.2 Å². The van der Waals surface area contributed by atoms with Crippen LogP contribution in [0.4, 0.5) is 15.8 Å². The van der Waals surface area contributed by atoms with Crippen molar-refractivity contribution < 1.29 is 9.18 Å². The van der Waals surface area contributed by atoms with Gasteiger partial charge in [-0.1, -0.05) is 29.8 Å². The van der Waals surface area contributed by atoms with Crippen molar-refractivity contribution in [1.29, 1.82) is 0 Å². The number of nitrogen functional groups attached to an aromatic ring is 1. The molecule has 0 aromatic heterocycles. The topological polar surface area (TPSA) is 55.1 Å². The fourth-order valence-corrected chi connectivity index (χ4v) is 1.84. The molecule has 2 aromatic carbocycles. The second-order valence-electron chi connectivity index (χ2n) is 4.45. The third-order valence-corrected chi connectivity index (χ3v) is 2.71. The zero-order valence-electron chi connectivity index (χ0n) is 10.6. The Balaban J connectivity index is 2.07. The molecule has 98 valence electrons. The minimum absolute atomic E-state index is 0.109. The molecular weight excluding hydrogens is 243 g/mol. The molecule has 19 heavy (non-hydrogen) atoms. The van der Waals surface area contributed by atoms with Gasteiger partial charge in [0.2, 0.25) is 5.91 Å². The number of anilines is 2. The van der Waals surface area contributed by atoms with Crippen LogP contribution >= 0.6 is 0 Å². The number of rotatable bonds is 3. The summed E-state index contributed by atoms with van der Waals surface area (Å²) < 4.78 is 13.5. The van der Waals surface area contributed by atoms with Crippen molar-refractivity contribution in [1.82, 2.24) is 0 Å². The Kier molecular flexibility index (Phi) is 3.80. The Morgan fingerprint density at radius 3 is 2.79 bits per heavy atom. The van der Waals surface area contributed by atoms with Crippen molar-refractivity contribution in [2.45, 2.75) is 13.3 Å². The van der Waals surface area contributed by atoms with E-state index >= 15 is 0 Å². The third kappa shape index (κ3) is 3.55. The van der Waals surface area contributed by atoms with E-state index in [9.17, 15) is 9.18 Å². The largest absolute Gasteiger partial charge is 0.399 e. The Morgan fingerprint density at radius 2 is 2.05 bits per heavy atom. The summed E-state index contributed by atoms with van der Waals surface area (Å²) in [6.07, 6.45) is 0.204. The molecule has 0 aliphatic carbocycles. The Morgan fingerprint density at radius 1 is 1.26 bits per heavy atom. The number of amides is 1. The van der Waals surface area contributed by atoms with Crippen LogP contribution in [0.3, 0.4) is 0 Å². The van der Waals surface area contributed by atoms with Gasteiger partial charge in [0.05, 0.1) is 12.1 Å². The predicted octanol–water partition coefficient (Wildman–Crippen LogP) is 2.90. The summed E-state index contributed by atoms with van der Waals surface area (Å²) in [4.78, 5) is 11.8. The Hall–Kier alpha value is -2.36. The van der Waals surface area contributed by atoms with Crippen LogP contribution in [0.5, 0.6) is 0 Å². The number of aryl methyl sites for hydroxylation is 1. The minimum atomic E-state index is -0.494. The Bertz CT molecular complexity index is 611. The lowest BCUT2D eigenvalue weighted by molar-refractivity contribution is -0.115. The van der Waals surface area contributed by atoms with Crippen LogP contribution in [0.15, 0.2) is 42.5 Å². The zero-order valence-corrected chi connectivity index (χ0v) is 10.6. The van der Waals surface area contributed by atoms with Crippen molar-refractivity contribution in [3.05, 3.63) is 59.4 Å². The first-order valence-electron chi connectivity index (χ1n) is 5.95. The molecule has 1 amide bonds. The van der Waals surface area contributed by atoms with Crippen LogP contribution in [0.2, 0.25) is 0 Å². The van der Waals surface area contributed by atoms with E-state index in [0.717, 1.165) is 11.1 Å². The van der Waals surface area contributed by atoms with Crippen molar-refractivity contribution in [2.75, 3.05) is 11.1 Å². The number of carbonyl (C=O) groups excluding carboxylic acids is 1. The van der Waals surface area contributed by atoms with E-state index in [1.807, 2.05) is 31.2 Å². The molecule has 0 bridgehead atoms. The first kappa shape index (κ1) is 13.1. The highest BCUT2D eigenvalue weighted by Gasteiger charge is 2.08. The van der Waals surface area contributed by atoms with Crippen LogP contribution in [0, 0.1) is 12.7 Å². The summed E-state index contributed by atoms with van der Waals surface area (Å²) >= 11 is 0. The van der Waals surface area contributed by atoms with E-state index in [2.05, 4.69) is 5.32 Å². The minimum Gasteiger partial charge on any atom is -0.399 e. The number of halogens is 1. The number of hydrogen-bond acceptors (Lipinski definition) is 2. The lowest BCUT2D eigenvalue weighted by Gasteiger charge is -2.07. The molecule has 3 N–H and O–H groups in total. The molecular formula is C15H15FN2O. The molecule has 0 aliphatic rings. The van der Waals surface area contributed by atoms with E-state index < -0.39 is 5.82 Å². The standard InChI is InChI=1S/C15H15FN2O/c1-10-3-2-4-11(7-10)8-15(19)18-14-9-12(17)5-6-13(14)16/h2-7,9H,8,17H2,1H3,(H,18,19). The van der Waals surface area contributed by atoms with Gasteiger partial charge in [-0.15, -0.1) is 0 Å². The molecule has 2 aromatic rings. The van der Waals surface area contributed by atoms with Gasteiger partial charge in [0.1, 0.15) is 5.82 Å². The second kappa shape index (κ2) is 5.52. The van der Waals surface area contributed by atoms with Crippen LogP contribution in [0.25, 0.3) is 0 Å². The van der Waals surface area contributed by atoms with Gasteiger partial charge in [-0.2, -0.15) is 0 Å². The molecule has 0 unspecified atom stereocenters. The van der Waals surface area contributed by atoms with Crippen molar-refractivity contribution in [3.63, 3.8) is 0 Å². The van der Waals surface area contributed by atoms with Crippen molar-refractivity contribution in [3.8, 4) is 0 Å². The average molecular weight is 258 g/mol. The van der Waals surface area contributed by atoms with E-state index in [1.54, 1.807) is 0 Å². The lowest BCUT2D eigenvalue weighted by atomic mass is 10.1. The number of nitrogens with two attached hydrogens (primary N) is 1. The van der Waals surface area contributed by atoms with E-state index in [4.69, 9.17) is 5.73 Å². The molecule has 0 atom stereocenters. The highest BCUT2D eigenvalue weighted by molar-refractivity contribution is 5.92. The SMILES string of the molecule is Cc1cccc(CC(=O)Nc2cc(N)ccc2F)c1. The van der Waals surface area contributed by atoms with Gasteiger partial charge in [0.15, 0.2) is 0 Å². The van der Waals surface area contributed by atoms with E-state index in [1.165, 1.54) is 18.2 Å². The molecule has 0 saturated carbocycles. The van der Waals surface area contributed by atoms with E-state index in [0.29, 0.717) is 5.69 Å². The third-order valence-electron chi connectivity index (χ3n) is 2.71. The van der Waals surface area contributed by atoms with Crippen LogP contribution in [-0.4, -0.2) is 5.91 Å². The molecule has 4 heteroatoms. The van der Waals surface area contributed by atoms with Gasteiger partial charge in [-0.25, -0.2) is 4.39 Å². The maximum atomic E-state index is 13.5. The average Bonchev–Trinajstić information content (AvgIpc) is 2.34. The smallest absolute Gasteiger partial charge is 0.228 e. The van der Waals surface area contributed by atoms with Gasteiger partial charge in [0.25, 0.3) is 0 Å². The van der Waals surface area contributed by atoms with Crippen LogP contribution < -0.4 is 11.1 Å². The second-order valence-corrected chi connectivity index (χ2v) is 4.45. The number of carbonyl (C=O) groups is 1. The zero-order chi connectivity index (χ0) is 13.8. The molecule has 3 nitrogen and oxygen atoms in total. The fourth-order valence-electron chi connectivity index (χ4n) is 1.84. The summed E-state index contributed by atoms with van der Waals surface area (Å²) in [5, 5.41) is 2.53. The molecule has 0 saturated heterocycles. The summed E-state index contributed by atoms with van der Waals surface area (Å²) in [5.74, 6) is -0.762. The first-order valence-corrected chi connectivity index (χ1v) is 5.95. The van der Waals surface area contributed by atoms with Gasteiger partial charge in [-0.3, -0.25) is 4.79 Å². The van der Waals surface area contributed by atoms with Crippen molar-refractivity contribution in [2.24, 2.45) is 0 Å². The van der Waals surface area contributed by atoms with Gasteiger partial charge >= 0.3 is 0 Å². The molecule has 0 aliphatic heterocycles. The quantitative estimate of drug-likeness (QED) is 0.832. The normalized spacial score (nSPS) is 10.2. The number of nitrogens with one attached hydrogen (secondary N) is 1. The van der Waals surface area contributed by atoms with Crippen molar-refractivity contribution >= 4 is 17.3 Å². The molecule has 0 heterocycles. The van der Waals surface area contributed by atoms with Gasteiger partial charge in [-0.05, 0) is 30.7 Å². The summed E-state index contributed by atoms with van der Waals surface area (Å²) in [6, 6.07) is 11.7. The lowest BCUT2D eigenvalue weighted by Crippen LogP contribution is -2.15. The summed E-state index contributed by atoms with van der Waals surface area (Å²) in [6.45, 7) is 1.96. The maximum absolute atomic E-state index is 13.5. The summed E-state index contributed by atoms with van der Waals surface area (Å²) in [5.41, 5.74) is 8.05. The van der Waals surface area contributed by atoms with E-state index in [-0.39, 0.29) is 18.0 Å². The predicted molar refractivity (Wildman–Crippen MR) is 74.3 cm³/mol. The number of benzene rings is 2. The first-order chi connectivity index (χ1) is 9.04. The van der Waals surface area contributed by atoms with Gasteiger partial charge < -0.3 is 11.1 Å². The monoisotopic (exact) mass is 258 g/mol. The molecule has 2 rings (SSSR count). The highest BCUT2D eigenvalue weighted by Crippen LogP contribution is 2.17. The van der Waals surface area contributed by atoms with Gasteiger partial charge in [0, 0.05) is 5.69 Å². The maximum Gasteiger partial charge on any atom is 0.228 e. The van der Waals surface area contributed by atoms with Crippen LogP contribution in [0.1, 0.15) is 11.1 Å². The highest BCUT2D eigenvalue weighted by atomic mass is 19.1. The Labute approximate surface area is 111 Å². The molecule has 0 fully saturated rings. The summed E-state index contributed by atoms with van der Waals surface area (Å²) in [7, 11) is 0.